The lowest BCUT2D eigenvalue weighted by molar-refractivity contribution is 0.0815. The number of rotatable bonds is 3. The molecule has 1 aliphatic carbocycles. The van der Waals surface area contributed by atoms with Crippen LogP contribution in [0, 0.1) is 0 Å². The van der Waals surface area contributed by atoms with Crippen LogP contribution >= 0.6 is 0 Å². The standard InChI is InChI=1S/C9H18N2O2/c1-9(2,13)6-10-8(12)11-7-4-3-5-7/h7,13H,3-6H2,1-2H3,(H2,10,11,12). The van der Waals surface area contributed by atoms with Crippen LogP contribution in [0.3, 0.4) is 0 Å². The Hall–Kier alpha value is -0.770. The monoisotopic (exact) mass is 186 g/mol. The number of urea groups is 1. The Morgan fingerprint density at radius 1 is 1.54 bits per heavy atom. The fourth-order valence-electron chi connectivity index (χ4n) is 1.09. The topological polar surface area (TPSA) is 61.4 Å². The quantitative estimate of drug-likeness (QED) is 0.604. The molecule has 0 spiro atoms. The van der Waals surface area contributed by atoms with E-state index in [0.29, 0.717) is 6.04 Å². The second kappa shape index (κ2) is 3.96. The highest BCUT2D eigenvalue weighted by Gasteiger charge is 2.20. The van der Waals surface area contributed by atoms with Crippen LogP contribution in [-0.2, 0) is 0 Å². The molecule has 0 aromatic rings. The van der Waals surface area contributed by atoms with E-state index >= 15 is 0 Å². The van der Waals surface area contributed by atoms with Gasteiger partial charge in [0, 0.05) is 12.6 Å². The fraction of sp³-hybridized carbons (Fsp3) is 0.889. The summed E-state index contributed by atoms with van der Waals surface area (Å²) in [5.41, 5.74) is -0.836. The summed E-state index contributed by atoms with van der Waals surface area (Å²) in [4.78, 5) is 11.2. The van der Waals surface area contributed by atoms with E-state index in [0.717, 1.165) is 12.8 Å². The van der Waals surface area contributed by atoms with E-state index in [9.17, 15) is 9.90 Å². The maximum absolute atomic E-state index is 11.2. The van der Waals surface area contributed by atoms with Crippen LogP contribution in [0.2, 0.25) is 0 Å². The van der Waals surface area contributed by atoms with Gasteiger partial charge in [-0.2, -0.15) is 0 Å². The first kappa shape index (κ1) is 10.3. The Kier molecular flexibility index (Phi) is 3.14. The van der Waals surface area contributed by atoms with Gasteiger partial charge in [0.05, 0.1) is 5.60 Å². The molecule has 4 nitrogen and oxygen atoms in total. The molecular formula is C9H18N2O2. The molecule has 0 unspecified atom stereocenters. The molecule has 0 atom stereocenters. The van der Waals surface area contributed by atoms with Gasteiger partial charge in [0.2, 0.25) is 0 Å². The fourth-order valence-corrected chi connectivity index (χ4v) is 1.09. The van der Waals surface area contributed by atoms with Crippen molar-refractivity contribution < 1.29 is 9.90 Å². The molecule has 1 aliphatic rings. The lowest BCUT2D eigenvalue weighted by Crippen LogP contribution is -2.48. The Balaban J connectivity index is 2.10. The van der Waals surface area contributed by atoms with E-state index in [1.807, 2.05) is 0 Å². The Morgan fingerprint density at radius 2 is 2.15 bits per heavy atom. The molecule has 0 aliphatic heterocycles. The molecule has 1 rings (SSSR count). The van der Waals surface area contributed by atoms with Gasteiger partial charge in [-0.25, -0.2) is 4.79 Å². The number of carbonyl (C=O) groups excluding carboxylic acids is 1. The zero-order chi connectivity index (χ0) is 9.90. The van der Waals surface area contributed by atoms with Gasteiger partial charge in [-0.15, -0.1) is 0 Å². The molecular weight excluding hydrogens is 168 g/mol. The summed E-state index contributed by atoms with van der Waals surface area (Å²) in [7, 11) is 0. The van der Waals surface area contributed by atoms with E-state index in [4.69, 9.17) is 0 Å². The molecule has 0 radical (unpaired) electrons. The third-order valence-electron chi connectivity index (χ3n) is 2.12. The van der Waals surface area contributed by atoms with E-state index < -0.39 is 5.60 Å². The van der Waals surface area contributed by atoms with Gasteiger partial charge in [-0.1, -0.05) is 0 Å². The first-order valence-electron chi connectivity index (χ1n) is 4.74. The van der Waals surface area contributed by atoms with Gasteiger partial charge in [-0.05, 0) is 33.1 Å². The summed E-state index contributed by atoms with van der Waals surface area (Å²) >= 11 is 0. The normalized spacial score (nSPS) is 17.8. The van der Waals surface area contributed by atoms with Crippen molar-refractivity contribution >= 4 is 6.03 Å². The number of amides is 2. The molecule has 1 fully saturated rings. The molecule has 13 heavy (non-hydrogen) atoms. The number of aliphatic hydroxyl groups is 1. The number of hydrogen-bond donors (Lipinski definition) is 3. The van der Waals surface area contributed by atoms with Crippen molar-refractivity contribution in [2.24, 2.45) is 0 Å². The molecule has 0 heterocycles. The highest BCUT2D eigenvalue weighted by molar-refractivity contribution is 5.74. The summed E-state index contributed by atoms with van der Waals surface area (Å²) in [5.74, 6) is 0. The van der Waals surface area contributed by atoms with Gasteiger partial charge in [0.25, 0.3) is 0 Å². The number of carbonyl (C=O) groups is 1. The van der Waals surface area contributed by atoms with Gasteiger partial charge in [0.15, 0.2) is 0 Å². The van der Waals surface area contributed by atoms with Crippen molar-refractivity contribution in [2.75, 3.05) is 6.54 Å². The number of nitrogens with one attached hydrogen (secondary N) is 2. The van der Waals surface area contributed by atoms with Crippen molar-refractivity contribution in [1.29, 1.82) is 0 Å². The first-order chi connectivity index (χ1) is 5.97. The Morgan fingerprint density at radius 3 is 2.54 bits per heavy atom. The Bertz CT molecular complexity index is 183. The molecule has 2 amide bonds. The minimum Gasteiger partial charge on any atom is -0.389 e. The van der Waals surface area contributed by atoms with Gasteiger partial charge in [-0.3, -0.25) is 0 Å². The maximum atomic E-state index is 11.2. The van der Waals surface area contributed by atoms with E-state index in [1.54, 1.807) is 13.8 Å². The van der Waals surface area contributed by atoms with Crippen LogP contribution in [0.4, 0.5) is 4.79 Å². The summed E-state index contributed by atoms with van der Waals surface area (Å²) in [6.07, 6.45) is 3.36. The van der Waals surface area contributed by atoms with Crippen molar-refractivity contribution in [3.63, 3.8) is 0 Å². The SMILES string of the molecule is CC(C)(O)CNC(=O)NC1CCC1. The minimum absolute atomic E-state index is 0.174. The molecule has 76 valence electrons. The molecule has 1 saturated carbocycles. The molecule has 3 N–H and O–H groups in total. The van der Waals surface area contributed by atoms with Gasteiger partial charge < -0.3 is 15.7 Å². The van der Waals surface area contributed by atoms with Crippen molar-refractivity contribution in [3.8, 4) is 0 Å². The summed E-state index contributed by atoms with van der Waals surface area (Å²) in [6.45, 7) is 3.61. The average molecular weight is 186 g/mol. The highest BCUT2D eigenvalue weighted by Crippen LogP contribution is 2.17. The van der Waals surface area contributed by atoms with Crippen LogP contribution in [-0.4, -0.2) is 29.3 Å². The van der Waals surface area contributed by atoms with E-state index in [1.165, 1.54) is 6.42 Å². The summed E-state index contributed by atoms with van der Waals surface area (Å²) in [5, 5.41) is 14.8. The second-order valence-electron chi connectivity index (χ2n) is 4.27. The summed E-state index contributed by atoms with van der Waals surface area (Å²) in [6, 6.07) is 0.175. The zero-order valence-electron chi connectivity index (χ0n) is 8.26. The molecule has 4 heteroatoms. The van der Waals surface area contributed by atoms with Crippen LogP contribution in [0.5, 0.6) is 0 Å². The lowest BCUT2D eigenvalue weighted by atomic mass is 9.93. The van der Waals surface area contributed by atoms with Crippen LogP contribution in [0.15, 0.2) is 0 Å². The number of hydrogen-bond acceptors (Lipinski definition) is 2. The predicted octanol–water partition coefficient (Wildman–Crippen LogP) is 0.609. The van der Waals surface area contributed by atoms with Crippen LogP contribution in [0.1, 0.15) is 33.1 Å². The minimum atomic E-state index is -0.836. The molecule has 0 bridgehead atoms. The van der Waals surface area contributed by atoms with Crippen LogP contribution < -0.4 is 10.6 Å². The zero-order valence-corrected chi connectivity index (χ0v) is 8.26. The van der Waals surface area contributed by atoms with Crippen molar-refractivity contribution in [2.45, 2.75) is 44.8 Å². The lowest BCUT2D eigenvalue weighted by Gasteiger charge is -2.27. The second-order valence-corrected chi connectivity index (χ2v) is 4.27. The predicted molar refractivity (Wildman–Crippen MR) is 50.5 cm³/mol. The van der Waals surface area contributed by atoms with E-state index in [-0.39, 0.29) is 12.6 Å². The summed E-state index contributed by atoms with van der Waals surface area (Å²) < 4.78 is 0. The van der Waals surface area contributed by atoms with Gasteiger partial charge in [0.1, 0.15) is 0 Å². The highest BCUT2D eigenvalue weighted by atomic mass is 16.3. The largest absolute Gasteiger partial charge is 0.389 e. The molecule has 0 saturated heterocycles. The van der Waals surface area contributed by atoms with Gasteiger partial charge >= 0.3 is 6.03 Å². The smallest absolute Gasteiger partial charge is 0.315 e. The first-order valence-corrected chi connectivity index (χ1v) is 4.74. The third kappa shape index (κ3) is 4.12. The maximum Gasteiger partial charge on any atom is 0.315 e. The molecule has 0 aromatic carbocycles. The Labute approximate surface area is 78.7 Å². The van der Waals surface area contributed by atoms with E-state index in [2.05, 4.69) is 10.6 Å². The van der Waals surface area contributed by atoms with Crippen LogP contribution in [0.25, 0.3) is 0 Å². The van der Waals surface area contributed by atoms with Crippen molar-refractivity contribution in [3.05, 3.63) is 0 Å². The molecule has 0 aromatic heterocycles. The third-order valence-corrected chi connectivity index (χ3v) is 2.12. The van der Waals surface area contributed by atoms with Crippen molar-refractivity contribution in [1.82, 2.24) is 10.6 Å². The average Bonchev–Trinajstić information content (AvgIpc) is 1.91.